The van der Waals surface area contributed by atoms with E-state index < -0.39 is 27.7 Å². The van der Waals surface area contributed by atoms with Crippen LogP contribution in [0.15, 0.2) is 29.3 Å². The van der Waals surface area contributed by atoms with E-state index in [1.54, 1.807) is 39.1 Å². The third-order valence-corrected chi connectivity index (χ3v) is 10.2. The van der Waals surface area contributed by atoms with Crippen LogP contribution in [0.5, 0.6) is 0 Å². The molecule has 1 aromatic carbocycles. The number of thiazole rings is 1. The number of anilines is 1. The second kappa shape index (κ2) is 12.4. The Morgan fingerprint density at radius 3 is 2.52 bits per heavy atom. The van der Waals surface area contributed by atoms with Crippen molar-refractivity contribution in [3.8, 4) is 10.4 Å². The van der Waals surface area contributed by atoms with Gasteiger partial charge in [-0.15, -0.1) is 11.3 Å². The first-order valence-corrected chi connectivity index (χ1v) is 15.9. The van der Waals surface area contributed by atoms with Crippen molar-refractivity contribution in [3.05, 3.63) is 29.4 Å². The van der Waals surface area contributed by atoms with Gasteiger partial charge in [0.25, 0.3) is 0 Å². The van der Waals surface area contributed by atoms with Gasteiger partial charge in [0.15, 0.2) is 0 Å². The second-order valence-corrected chi connectivity index (χ2v) is 14.3. The summed E-state index contributed by atoms with van der Waals surface area (Å²) in [6.07, 6.45) is 5.15. The Labute approximate surface area is 239 Å². The highest BCUT2D eigenvalue weighted by Crippen LogP contribution is 2.40. The van der Waals surface area contributed by atoms with Crippen molar-refractivity contribution >= 4 is 39.2 Å². The molecule has 1 aromatic heterocycles. The number of aromatic nitrogens is 1. The monoisotopic (exact) mass is 593 g/mol. The first-order chi connectivity index (χ1) is 18.8. The number of carbonyl (C=O) groups excluding carboxylic acids is 1. The predicted molar refractivity (Wildman–Crippen MR) is 154 cm³/mol. The second-order valence-electron chi connectivity index (χ2n) is 11.6. The highest BCUT2D eigenvalue weighted by atomic mass is 32.2. The first kappa shape index (κ1) is 30.2. The third-order valence-electron chi connectivity index (χ3n) is 7.23. The van der Waals surface area contributed by atoms with Gasteiger partial charge in [-0.1, -0.05) is 6.07 Å². The number of hydrogen-bond acceptors (Lipinski definition) is 8. The van der Waals surface area contributed by atoms with Crippen molar-refractivity contribution < 1.29 is 27.9 Å². The zero-order valence-electron chi connectivity index (χ0n) is 23.4. The number of nitrogens with zero attached hydrogens (tertiary/aromatic N) is 2. The maximum atomic E-state index is 13.5. The number of sulfonamides is 1. The van der Waals surface area contributed by atoms with Gasteiger partial charge in [0.1, 0.15) is 6.61 Å². The van der Waals surface area contributed by atoms with Crippen LogP contribution in [0.25, 0.3) is 10.4 Å². The average molecular weight is 594 g/mol. The number of hydrogen-bond donors (Lipinski definition) is 4. The summed E-state index contributed by atoms with van der Waals surface area (Å²) in [6, 6.07) is 4.93. The Morgan fingerprint density at radius 2 is 1.90 bits per heavy atom. The van der Waals surface area contributed by atoms with E-state index >= 15 is 0 Å². The summed E-state index contributed by atoms with van der Waals surface area (Å²) in [5.74, 6) is 0.188. The van der Waals surface area contributed by atoms with Crippen LogP contribution in [0.3, 0.4) is 0 Å². The molecule has 1 atom stereocenters. The van der Waals surface area contributed by atoms with Crippen LogP contribution >= 0.6 is 11.3 Å². The van der Waals surface area contributed by atoms with Crippen molar-refractivity contribution in [1.29, 1.82) is 0 Å². The number of carbonyl (C=O) groups is 2. The molecule has 2 aliphatic rings. The quantitative estimate of drug-likeness (QED) is 0.340. The minimum absolute atomic E-state index is 0.0420. The normalized spacial score (nSPS) is 22.1. The molecule has 1 saturated heterocycles. The Kier molecular flexibility index (Phi) is 9.38. The molecule has 11 nitrogen and oxygen atoms in total. The lowest BCUT2D eigenvalue weighted by molar-refractivity contribution is 0.127. The summed E-state index contributed by atoms with van der Waals surface area (Å²) in [5.41, 5.74) is 0.0952. The van der Waals surface area contributed by atoms with E-state index in [0.717, 1.165) is 50.1 Å². The summed E-state index contributed by atoms with van der Waals surface area (Å²) in [6.45, 7) is 6.55. The van der Waals surface area contributed by atoms with Gasteiger partial charge in [-0.05, 0) is 85.0 Å². The van der Waals surface area contributed by atoms with E-state index in [4.69, 9.17) is 9.84 Å². The smallest absolute Gasteiger partial charge is 0.411 e. The average Bonchev–Trinajstić information content (AvgIpc) is 3.51. The van der Waals surface area contributed by atoms with E-state index in [2.05, 4.69) is 25.2 Å². The summed E-state index contributed by atoms with van der Waals surface area (Å²) in [7, 11) is -1.95. The number of rotatable bonds is 8. The number of likely N-dealkylation sites (tertiary alicyclic amines) is 1. The van der Waals surface area contributed by atoms with Crippen molar-refractivity contribution in [3.63, 3.8) is 0 Å². The lowest BCUT2D eigenvalue weighted by Crippen LogP contribution is -2.40. The summed E-state index contributed by atoms with van der Waals surface area (Å²) in [4.78, 5) is 31.0. The summed E-state index contributed by atoms with van der Waals surface area (Å²) >= 11 is 1.44. The molecule has 1 aliphatic heterocycles. The molecule has 0 radical (unpaired) electrons. The predicted octanol–water partition coefficient (Wildman–Crippen LogP) is 4.82. The Bertz CT molecular complexity index is 1310. The summed E-state index contributed by atoms with van der Waals surface area (Å²) < 4.78 is 35.2. The van der Waals surface area contributed by atoms with Crippen molar-refractivity contribution in [1.82, 2.24) is 19.9 Å². The molecule has 40 heavy (non-hydrogen) atoms. The van der Waals surface area contributed by atoms with Gasteiger partial charge < -0.3 is 20.1 Å². The SMILES string of the molecule is CN1CCCC1COC(=O)Nc1ccc(-c2cnc(C3CCC(NC(=O)O)CC3)s2)c(S(=O)(=O)NC(C)(C)C)c1. The van der Waals surface area contributed by atoms with Crippen LogP contribution < -0.4 is 15.4 Å². The fraction of sp³-hybridized carbons (Fsp3) is 0.593. The number of amides is 2. The van der Waals surface area contributed by atoms with Crippen LogP contribution in [-0.2, 0) is 14.8 Å². The lowest BCUT2D eigenvalue weighted by Gasteiger charge is -2.27. The number of benzene rings is 1. The molecule has 4 N–H and O–H groups in total. The van der Waals surface area contributed by atoms with Crippen LogP contribution in [-0.4, -0.2) is 73.4 Å². The van der Waals surface area contributed by atoms with Crippen LogP contribution in [0.2, 0.25) is 0 Å². The number of carboxylic acid groups (broad SMARTS) is 1. The number of ether oxygens (including phenoxy) is 1. The van der Waals surface area contributed by atoms with Gasteiger partial charge in [0.05, 0.1) is 14.8 Å². The van der Waals surface area contributed by atoms with Crippen molar-refractivity contribution in [2.45, 2.75) is 87.7 Å². The standard InChI is InChI=1S/C27H39N5O6S2/c1-27(2,3)31-40(36,37)23-14-19(30-26(35)38-16-20-6-5-13-32(20)4)11-12-21(23)22-15-28-24(39-22)17-7-9-18(10-8-17)29-25(33)34/h11-12,14-15,17-18,20,29,31H,5-10,13,16H2,1-4H3,(H,30,35)(H,33,34). The molecule has 2 heterocycles. The fourth-order valence-corrected chi connectivity index (χ4v) is 8.12. The van der Waals surface area contributed by atoms with E-state index in [0.29, 0.717) is 16.1 Å². The maximum Gasteiger partial charge on any atom is 0.411 e. The van der Waals surface area contributed by atoms with Gasteiger partial charge >= 0.3 is 12.2 Å². The molecule has 1 saturated carbocycles. The minimum atomic E-state index is -3.96. The molecule has 4 rings (SSSR count). The van der Waals surface area contributed by atoms with Crippen LogP contribution in [0, 0.1) is 0 Å². The van der Waals surface area contributed by atoms with Gasteiger partial charge in [-0.25, -0.2) is 27.7 Å². The molecular formula is C27H39N5O6S2. The van der Waals surface area contributed by atoms with Crippen LogP contribution in [0.1, 0.15) is 70.2 Å². The molecule has 2 amide bonds. The van der Waals surface area contributed by atoms with Crippen molar-refractivity contribution in [2.24, 2.45) is 0 Å². The molecule has 1 unspecified atom stereocenters. The molecule has 220 valence electrons. The lowest BCUT2D eigenvalue weighted by atomic mass is 9.86. The van der Waals surface area contributed by atoms with Crippen molar-refractivity contribution in [2.75, 3.05) is 25.5 Å². The largest absolute Gasteiger partial charge is 0.465 e. The van der Waals surface area contributed by atoms with Gasteiger partial charge in [-0.3, -0.25) is 5.32 Å². The highest BCUT2D eigenvalue weighted by molar-refractivity contribution is 7.89. The molecule has 0 spiro atoms. The van der Waals surface area contributed by atoms with E-state index in [1.807, 2.05) is 7.05 Å². The molecule has 2 aromatic rings. The number of nitrogens with one attached hydrogen (secondary N) is 3. The topological polar surface area (TPSA) is 150 Å². The summed E-state index contributed by atoms with van der Waals surface area (Å²) in [5, 5.41) is 15.1. The highest BCUT2D eigenvalue weighted by Gasteiger charge is 2.29. The van der Waals surface area contributed by atoms with Crippen LogP contribution in [0.4, 0.5) is 15.3 Å². The molecule has 1 aliphatic carbocycles. The fourth-order valence-electron chi connectivity index (χ4n) is 5.26. The van der Waals surface area contributed by atoms with E-state index in [1.165, 1.54) is 17.4 Å². The Hall–Kier alpha value is -2.74. The Morgan fingerprint density at radius 1 is 1.18 bits per heavy atom. The Balaban J connectivity index is 1.54. The minimum Gasteiger partial charge on any atom is -0.465 e. The van der Waals surface area contributed by atoms with Gasteiger partial charge in [-0.2, -0.15) is 0 Å². The van der Waals surface area contributed by atoms with Gasteiger partial charge in [0.2, 0.25) is 10.0 Å². The van der Waals surface area contributed by atoms with Gasteiger partial charge in [0, 0.05) is 41.0 Å². The third kappa shape index (κ3) is 7.93. The van der Waals surface area contributed by atoms with E-state index in [9.17, 15) is 18.0 Å². The molecule has 13 heteroatoms. The van der Waals surface area contributed by atoms with E-state index in [-0.39, 0.29) is 29.5 Å². The molecular weight excluding hydrogens is 554 g/mol. The number of likely N-dealkylation sites (N-methyl/N-ethyl adjacent to an activating group) is 1. The molecule has 0 bridgehead atoms. The molecule has 2 fully saturated rings. The zero-order chi connectivity index (χ0) is 29.1. The first-order valence-electron chi connectivity index (χ1n) is 13.6. The zero-order valence-corrected chi connectivity index (χ0v) is 25.0. The maximum absolute atomic E-state index is 13.5.